The lowest BCUT2D eigenvalue weighted by molar-refractivity contribution is 0.0933. The molecule has 0 radical (unpaired) electrons. The van der Waals surface area contributed by atoms with Crippen LogP contribution in [-0.2, 0) is 0 Å². The van der Waals surface area contributed by atoms with E-state index in [0.29, 0.717) is 22.3 Å². The van der Waals surface area contributed by atoms with E-state index in [1.54, 1.807) is 48.5 Å². The van der Waals surface area contributed by atoms with Crippen LogP contribution in [-0.4, -0.2) is 27.6 Å². The van der Waals surface area contributed by atoms with Crippen molar-refractivity contribution in [3.8, 4) is 5.75 Å². The zero-order valence-electron chi connectivity index (χ0n) is 14.6. The Morgan fingerprint density at radius 2 is 1.79 bits per heavy atom. The molecule has 0 bridgehead atoms. The second-order valence-electron chi connectivity index (χ2n) is 5.48. The first-order chi connectivity index (χ1) is 13.2. The zero-order valence-corrected chi connectivity index (χ0v) is 19.3. The number of ether oxygens (including phenoxy) is 1. The van der Waals surface area contributed by atoms with Gasteiger partial charge in [-0.15, -0.1) is 0 Å². The van der Waals surface area contributed by atoms with E-state index in [9.17, 15) is 4.79 Å². The van der Waals surface area contributed by atoms with Crippen LogP contribution < -0.4 is 20.7 Å². The fourth-order valence-electron chi connectivity index (χ4n) is 2.15. The minimum atomic E-state index is -1.85. The molecule has 10 heteroatoms. The van der Waals surface area contributed by atoms with E-state index in [1.165, 1.54) is 0 Å². The van der Waals surface area contributed by atoms with Crippen LogP contribution in [0.1, 0.15) is 17.3 Å². The average molecular weight is 526 g/mol. The van der Waals surface area contributed by atoms with E-state index < -0.39 is 15.9 Å². The van der Waals surface area contributed by atoms with E-state index in [2.05, 4.69) is 31.9 Å². The fourth-order valence-corrected chi connectivity index (χ4v) is 3.18. The fraction of sp³-hybridized carbons (Fsp3) is 0.222. The molecule has 0 saturated carbocycles. The molecular weight excluding hydrogens is 509 g/mol. The highest BCUT2D eigenvalue weighted by atomic mass is 79.9. The number of benzene rings is 2. The highest BCUT2D eigenvalue weighted by molar-refractivity contribution is 9.10. The van der Waals surface area contributed by atoms with E-state index in [4.69, 9.17) is 51.8 Å². The predicted octanol–water partition coefficient (Wildman–Crippen LogP) is 5.26. The molecule has 2 rings (SSSR count). The molecule has 28 heavy (non-hydrogen) atoms. The third kappa shape index (κ3) is 6.97. The van der Waals surface area contributed by atoms with Gasteiger partial charge in [0.15, 0.2) is 5.11 Å². The molecule has 0 spiro atoms. The number of hydrogen-bond donors (Lipinski definition) is 3. The van der Waals surface area contributed by atoms with Crippen molar-refractivity contribution in [2.45, 2.75) is 16.9 Å². The van der Waals surface area contributed by atoms with Gasteiger partial charge in [0.2, 0.25) is 3.79 Å². The van der Waals surface area contributed by atoms with Crippen LogP contribution in [0.15, 0.2) is 53.0 Å². The predicted molar refractivity (Wildman–Crippen MR) is 123 cm³/mol. The quantitative estimate of drug-likeness (QED) is 0.273. The van der Waals surface area contributed by atoms with Gasteiger partial charge in [-0.2, -0.15) is 0 Å². The molecule has 0 unspecified atom stereocenters. The van der Waals surface area contributed by atoms with Gasteiger partial charge in [-0.1, -0.05) is 46.9 Å². The lowest BCUT2D eigenvalue weighted by Gasteiger charge is -2.28. The number of halogens is 4. The number of rotatable bonds is 6. The summed E-state index contributed by atoms with van der Waals surface area (Å²) in [5.74, 6) is 0.312. The molecule has 1 atom stereocenters. The van der Waals surface area contributed by atoms with E-state index in [0.717, 1.165) is 5.75 Å². The normalized spacial score (nSPS) is 12.0. The van der Waals surface area contributed by atoms with Crippen molar-refractivity contribution in [1.29, 1.82) is 0 Å². The average Bonchev–Trinajstić information content (AvgIpc) is 2.62. The molecule has 0 heterocycles. The molecular formula is C18H17BrCl3N3O2S. The maximum atomic E-state index is 12.5. The first-order valence-electron chi connectivity index (χ1n) is 8.13. The van der Waals surface area contributed by atoms with Gasteiger partial charge in [0, 0.05) is 10.2 Å². The molecule has 0 saturated heterocycles. The topological polar surface area (TPSA) is 62.4 Å². The molecule has 3 N–H and O–H groups in total. The Bertz CT molecular complexity index is 832. The maximum Gasteiger partial charge on any atom is 0.254 e. The largest absolute Gasteiger partial charge is 0.494 e. The van der Waals surface area contributed by atoms with Crippen LogP contribution in [0.25, 0.3) is 0 Å². The van der Waals surface area contributed by atoms with Crippen molar-refractivity contribution in [3.05, 3.63) is 58.6 Å². The number of anilines is 1. The van der Waals surface area contributed by atoms with Crippen LogP contribution >= 0.6 is 63.0 Å². The zero-order chi connectivity index (χ0) is 20.7. The lowest BCUT2D eigenvalue weighted by atomic mass is 10.2. The number of thiocarbonyl (C=S) groups is 1. The van der Waals surface area contributed by atoms with Crippen LogP contribution in [0, 0.1) is 0 Å². The van der Waals surface area contributed by atoms with Crippen LogP contribution in [0.3, 0.4) is 0 Å². The van der Waals surface area contributed by atoms with Crippen molar-refractivity contribution in [2.75, 3.05) is 11.9 Å². The van der Waals surface area contributed by atoms with Crippen LogP contribution in [0.2, 0.25) is 0 Å². The molecule has 0 aromatic heterocycles. The summed E-state index contributed by atoms with van der Waals surface area (Å²) in [6, 6.07) is 14.1. The molecule has 2 aromatic rings. The Hall–Kier alpha value is -1.25. The Kier molecular flexibility index (Phi) is 8.64. The third-order valence-corrected chi connectivity index (χ3v) is 4.99. The number of hydrogen-bond acceptors (Lipinski definition) is 3. The van der Waals surface area contributed by atoms with E-state index in [1.807, 2.05) is 6.92 Å². The molecule has 5 nitrogen and oxygen atoms in total. The summed E-state index contributed by atoms with van der Waals surface area (Å²) in [6.07, 6.45) is -1.07. The van der Waals surface area contributed by atoms with Crippen LogP contribution in [0.5, 0.6) is 5.75 Å². The summed E-state index contributed by atoms with van der Waals surface area (Å²) in [6.45, 7) is 2.49. The Morgan fingerprint density at radius 1 is 1.14 bits per heavy atom. The SMILES string of the molecule is CCOc1ccc(NC(=S)N[C@@H](NC(=O)c2ccccc2Br)C(Cl)(Cl)Cl)cc1. The molecule has 0 aliphatic heterocycles. The smallest absolute Gasteiger partial charge is 0.254 e. The lowest BCUT2D eigenvalue weighted by Crippen LogP contribution is -2.56. The molecule has 150 valence electrons. The van der Waals surface area contributed by atoms with Crippen molar-refractivity contribution < 1.29 is 9.53 Å². The number of amides is 1. The standard InChI is InChI=1S/C18H17BrCl3N3O2S/c1-2-27-12-9-7-11(8-10-12)23-17(28)25-16(18(20,21)22)24-15(26)13-5-3-4-6-14(13)19/h3-10,16H,2H2,1H3,(H,24,26)(H2,23,25,28)/t16-/m1/s1. The second kappa shape index (κ2) is 10.5. The second-order valence-corrected chi connectivity index (χ2v) is 9.12. The van der Waals surface area contributed by atoms with Gasteiger partial charge in [-0.25, -0.2) is 0 Å². The summed E-state index contributed by atoms with van der Waals surface area (Å²) in [7, 11) is 0. The van der Waals surface area contributed by atoms with Gasteiger partial charge in [0.1, 0.15) is 11.9 Å². The van der Waals surface area contributed by atoms with Gasteiger partial charge >= 0.3 is 0 Å². The summed E-state index contributed by atoms with van der Waals surface area (Å²) < 4.78 is 4.16. The maximum absolute atomic E-state index is 12.5. The summed E-state index contributed by atoms with van der Waals surface area (Å²) in [5, 5.41) is 8.59. The van der Waals surface area contributed by atoms with Crippen molar-refractivity contribution in [1.82, 2.24) is 10.6 Å². The minimum absolute atomic E-state index is 0.174. The highest BCUT2D eigenvalue weighted by Gasteiger charge is 2.35. The number of nitrogens with one attached hydrogen (secondary N) is 3. The van der Waals surface area contributed by atoms with Gasteiger partial charge < -0.3 is 20.7 Å². The summed E-state index contributed by atoms with van der Waals surface area (Å²) >= 11 is 26.6. The first kappa shape index (κ1) is 23.0. The van der Waals surface area contributed by atoms with Gasteiger partial charge in [0.25, 0.3) is 5.91 Å². The summed E-state index contributed by atoms with van der Waals surface area (Å²) in [5.41, 5.74) is 1.11. The highest BCUT2D eigenvalue weighted by Crippen LogP contribution is 2.29. The van der Waals surface area contributed by atoms with E-state index in [-0.39, 0.29) is 5.11 Å². The van der Waals surface area contributed by atoms with Crippen molar-refractivity contribution in [2.24, 2.45) is 0 Å². The van der Waals surface area contributed by atoms with Crippen LogP contribution in [0.4, 0.5) is 5.69 Å². The third-order valence-electron chi connectivity index (χ3n) is 3.42. The summed E-state index contributed by atoms with van der Waals surface area (Å²) in [4.78, 5) is 12.5. The molecule has 0 aliphatic carbocycles. The van der Waals surface area contributed by atoms with Crippen molar-refractivity contribution in [3.63, 3.8) is 0 Å². The van der Waals surface area contributed by atoms with E-state index >= 15 is 0 Å². The number of carbonyl (C=O) groups is 1. The van der Waals surface area contributed by atoms with Crippen molar-refractivity contribution >= 4 is 79.7 Å². The molecule has 2 aromatic carbocycles. The van der Waals surface area contributed by atoms with Gasteiger partial charge in [-0.05, 0) is 71.5 Å². The van der Waals surface area contributed by atoms with Gasteiger partial charge in [0.05, 0.1) is 12.2 Å². The monoisotopic (exact) mass is 523 g/mol. The molecule has 0 aliphatic rings. The van der Waals surface area contributed by atoms with Gasteiger partial charge in [-0.3, -0.25) is 4.79 Å². The first-order valence-corrected chi connectivity index (χ1v) is 10.5. The molecule has 1 amide bonds. The Labute approximate surface area is 192 Å². The molecule has 0 fully saturated rings. The number of carbonyl (C=O) groups excluding carboxylic acids is 1. The number of alkyl halides is 3. The minimum Gasteiger partial charge on any atom is -0.494 e. The Morgan fingerprint density at radius 3 is 2.36 bits per heavy atom. The Balaban J connectivity index is 2.04.